The molecule has 4 nitrogen and oxygen atoms in total. The standard InChI is InChI=1S/C20H22N4/c1-14-8-7-11-17-20(14)24-19(23-17)13-4-2-3-12-18-21-15-9-5-6-10-16(15)22-18/h5-11H,2-4,12-13H2,1H3,(H,21,22)(H,23,24). The Morgan fingerprint density at radius 1 is 0.750 bits per heavy atom. The molecule has 0 aliphatic carbocycles. The van der Waals surface area contributed by atoms with E-state index in [1.807, 2.05) is 12.1 Å². The van der Waals surface area contributed by atoms with Gasteiger partial charge >= 0.3 is 0 Å². The molecule has 0 saturated heterocycles. The minimum atomic E-state index is 1.01. The van der Waals surface area contributed by atoms with E-state index >= 15 is 0 Å². The zero-order valence-corrected chi connectivity index (χ0v) is 14.0. The number of H-pyrrole nitrogens is 2. The maximum Gasteiger partial charge on any atom is 0.107 e. The summed E-state index contributed by atoms with van der Waals surface area (Å²) in [5.74, 6) is 2.19. The van der Waals surface area contributed by atoms with Gasteiger partial charge in [0.25, 0.3) is 0 Å². The first kappa shape index (κ1) is 14.9. The van der Waals surface area contributed by atoms with E-state index in [4.69, 9.17) is 4.98 Å². The molecule has 0 unspecified atom stereocenters. The van der Waals surface area contributed by atoms with Crippen molar-refractivity contribution >= 4 is 22.1 Å². The number of nitrogens with one attached hydrogen (secondary N) is 2. The molecular weight excluding hydrogens is 296 g/mol. The van der Waals surface area contributed by atoms with Crippen LogP contribution in [0.4, 0.5) is 0 Å². The predicted molar refractivity (Wildman–Crippen MR) is 98.2 cm³/mol. The van der Waals surface area contributed by atoms with Gasteiger partial charge in [0.05, 0.1) is 22.1 Å². The molecule has 0 aliphatic rings. The normalized spacial score (nSPS) is 11.5. The van der Waals surface area contributed by atoms with Crippen LogP contribution in [-0.2, 0) is 12.8 Å². The number of hydrogen-bond acceptors (Lipinski definition) is 2. The third-order valence-corrected chi connectivity index (χ3v) is 4.53. The van der Waals surface area contributed by atoms with Crippen LogP contribution in [0.25, 0.3) is 22.1 Å². The summed E-state index contributed by atoms with van der Waals surface area (Å²) in [6, 6.07) is 14.5. The number of nitrogens with zero attached hydrogens (tertiary/aromatic N) is 2. The maximum atomic E-state index is 4.72. The second-order valence-corrected chi connectivity index (χ2v) is 6.42. The Balaban J connectivity index is 1.28. The monoisotopic (exact) mass is 318 g/mol. The van der Waals surface area contributed by atoms with Gasteiger partial charge < -0.3 is 9.97 Å². The highest BCUT2D eigenvalue weighted by Crippen LogP contribution is 2.17. The summed E-state index contributed by atoms with van der Waals surface area (Å²) in [5.41, 5.74) is 5.68. The summed E-state index contributed by atoms with van der Waals surface area (Å²) >= 11 is 0. The number of aromatic nitrogens is 4. The van der Waals surface area contributed by atoms with Crippen LogP contribution in [0.1, 0.15) is 36.5 Å². The smallest absolute Gasteiger partial charge is 0.107 e. The van der Waals surface area contributed by atoms with Crippen molar-refractivity contribution in [3.63, 3.8) is 0 Å². The first-order chi connectivity index (χ1) is 11.8. The highest BCUT2D eigenvalue weighted by Gasteiger charge is 2.05. The van der Waals surface area contributed by atoms with Crippen molar-refractivity contribution in [1.29, 1.82) is 0 Å². The Labute approximate surface area is 141 Å². The Bertz CT molecular complexity index is 931. The molecule has 0 saturated carbocycles. The molecule has 24 heavy (non-hydrogen) atoms. The number of benzene rings is 2. The predicted octanol–water partition coefficient (Wildman–Crippen LogP) is 4.70. The van der Waals surface area contributed by atoms with Gasteiger partial charge in [-0.25, -0.2) is 9.97 Å². The van der Waals surface area contributed by atoms with Gasteiger partial charge in [-0.05, 0) is 43.5 Å². The van der Waals surface area contributed by atoms with Crippen LogP contribution in [0.3, 0.4) is 0 Å². The summed E-state index contributed by atoms with van der Waals surface area (Å²) in [7, 11) is 0. The van der Waals surface area contributed by atoms with E-state index in [9.17, 15) is 0 Å². The van der Waals surface area contributed by atoms with Gasteiger partial charge in [-0.2, -0.15) is 0 Å². The number of aromatic amines is 2. The van der Waals surface area contributed by atoms with Gasteiger partial charge in [0, 0.05) is 12.8 Å². The van der Waals surface area contributed by atoms with Crippen LogP contribution in [0.5, 0.6) is 0 Å². The zero-order chi connectivity index (χ0) is 16.4. The molecule has 0 bridgehead atoms. The highest BCUT2D eigenvalue weighted by molar-refractivity contribution is 5.78. The molecule has 0 atom stereocenters. The molecule has 0 amide bonds. The number of imidazole rings is 2. The van der Waals surface area contributed by atoms with Crippen molar-refractivity contribution in [2.75, 3.05) is 0 Å². The Morgan fingerprint density at radius 3 is 2.25 bits per heavy atom. The minimum Gasteiger partial charge on any atom is -0.342 e. The SMILES string of the molecule is Cc1cccc2[nH]c(CCCCCc3nc4ccccc4[nH]3)nc12. The zero-order valence-electron chi connectivity index (χ0n) is 14.0. The molecule has 4 heteroatoms. The lowest BCUT2D eigenvalue weighted by atomic mass is 10.1. The van der Waals surface area contributed by atoms with Crippen LogP contribution >= 0.6 is 0 Å². The lowest BCUT2D eigenvalue weighted by Crippen LogP contribution is -1.92. The summed E-state index contributed by atoms with van der Waals surface area (Å²) in [4.78, 5) is 16.2. The molecule has 4 aromatic rings. The Kier molecular flexibility index (Phi) is 4.03. The van der Waals surface area contributed by atoms with E-state index in [1.54, 1.807) is 0 Å². The van der Waals surface area contributed by atoms with Gasteiger partial charge in [0.2, 0.25) is 0 Å². The maximum absolute atomic E-state index is 4.72. The average Bonchev–Trinajstić information content (AvgIpc) is 3.18. The molecule has 0 spiro atoms. The third kappa shape index (κ3) is 3.04. The summed E-state index contributed by atoms with van der Waals surface area (Å²) in [5, 5.41) is 0. The molecule has 0 aliphatic heterocycles. The largest absolute Gasteiger partial charge is 0.342 e. The molecule has 2 heterocycles. The van der Waals surface area contributed by atoms with Crippen molar-refractivity contribution in [3.8, 4) is 0 Å². The third-order valence-electron chi connectivity index (χ3n) is 4.53. The van der Waals surface area contributed by atoms with Crippen molar-refractivity contribution < 1.29 is 0 Å². The highest BCUT2D eigenvalue weighted by atomic mass is 14.9. The van der Waals surface area contributed by atoms with Crippen molar-refractivity contribution in [1.82, 2.24) is 19.9 Å². The van der Waals surface area contributed by atoms with Crippen LogP contribution in [0.2, 0.25) is 0 Å². The molecule has 4 rings (SSSR count). The van der Waals surface area contributed by atoms with Crippen molar-refractivity contribution in [3.05, 3.63) is 59.7 Å². The molecule has 2 aromatic heterocycles. The molecule has 0 fully saturated rings. The minimum absolute atomic E-state index is 1.01. The Hall–Kier alpha value is -2.62. The van der Waals surface area contributed by atoms with Gasteiger partial charge in [0.1, 0.15) is 11.6 Å². The van der Waals surface area contributed by atoms with Crippen LogP contribution in [0.15, 0.2) is 42.5 Å². The van der Waals surface area contributed by atoms with Crippen molar-refractivity contribution in [2.24, 2.45) is 0 Å². The first-order valence-corrected chi connectivity index (χ1v) is 8.67. The van der Waals surface area contributed by atoms with Crippen LogP contribution in [-0.4, -0.2) is 19.9 Å². The van der Waals surface area contributed by atoms with Gasteiger partial charge in [-0.15, -0.1) is 0 Å². The van der Waals surface area contributed by atoms with Gasteiger partial charge in [-0.3, -0.25) is 0 Å². The number of para-hydroxylation sites is 3. The molecule has 122 valence electrons. The molecule has 0 radical (unpaired) electrons. The number of fused-ring (bicyclic) bond motifs is 2. The van der Waals surface area contributed by atoms with Crippen molar-refractivity contribution in [2.45, 2.75) is 39.0 Å². The van der Waals surface area contributed by atoms with E-state index in [1.165, 1.54) is 12.0 Å². The van der Waals surface area contributed by atoms with Crippen LogP contribution < -0.4 is 0 Å². The van der Waals surface area contributed by atoms with Gasteiger partial charge in [0.15, 0.2) is 0 Å². The Morgan fingerprint density at radius 2 is 1.46 bits per heavy atom. The summed E-state index contributed by atoms with van der Waals surface area (Å²) in [6.07, 6.45) is 5.51. The number of unbranched alkanes of at least 4 members (excludes halogenated alkanes) is 2. The number of aryl methyl sites for hydroxylation is 3. The molecule has 2 N–H and O–H groups in total. The van der Waals surface area contributed by atoms with E-state index in [-0.39, 0.29) is 0 Å². The second kappa shape index (κ2) is 6.48. The summed E-state index contributed by atoms with van der Waals surface area (Å²) < 4.78 is 0. The van der Waals surface area contributed by atoms with Gasteiger partial charge in [-0.1, -0.05) is 30.7 Å². The van der Waals surface area contributed by atoms with E-state index in [0.29, 0.717) is 0 Å². The second-order valence-electron chi connectivity index (χ2n) is 6.42. The van der Waals surface area contributed by atoms with E-state index in [2.05, 4.69) is 52.2 Å². The number of hydrogen-bond donors (Lipinski definition) is 2. The lowest BCUT2D eigenvalue weighted by molar-refractivity contribution is 0.656. The fourth-order valence-electron chi connectivity index (χ4n) is 3.23. The molecular formula is C20H22N4. The quantitative estimate of drug-likeness (QED) is 0.506. The first-order valence-electron chi connectivity index (χ1n) is 8.67. The number of rotatable bonds is 6. The van der Waals surface area contributed by atoms with Crippen LogP contribution in [0, 0.1) is 6.92 Å². The molecule has 2 aromatic carbocycles. The fraction of sp³-hybridized carbons (Fsp3) is 0.300. The lowest BCUT2D eigenvalue weighted by Gasteiger charge is -1.98. The van der Waals surface area contributed by atoms with E-state index in [0.717, 1.165) is 59.4 Å². The fourth-order valence-corrected chi connectivity index (χ4v) is 3.23. The topological polar surface area (TPSA) is 57.4 Å². The average molecular weight is 318 g/mol. The summed E-state index contributed by atoms with van der Waals surface area (Å²) in [6.45, 7) is 2.11. The van der Waals surface area contributed by atoms with E-state index < -0.39 is 0 Å².